The number of allylic oxidation sites excluding steroid dienone is 4. The van der Waals surface area contributed by atoms with Gasteiger partial charge in [-0.25, -0.2) is 0 Å². The molecule has 0 fully saturated rings. The molecule has 3 heteroatoms. The van der Waals surface area contributed by atoms with E-state index in [1.807, 2.05) is 24.4 Å². The van der Waals surface area contributed by atoms with Gasteiger partial charge in [-0.1, -0.05) is 53.6 Å². The normalized spacial score (nSPS) is 14.4. The topological polar surface area (TPSA) is 25.8 Å². The first kappa shape index (κ1) is 20.3. The van der Waals surface area contributed by atoms with E-state index in [1.165, 1.54) is 53.2 Å². The van der Waals surface area contributed by atoms with Crippen LogP contribution in [0.4, 0.5) is 0 Å². The van der Waals surface area contributed by atoms with Gasteiger partial charge in [0.15, 0.2) is 0 Å². The van der Waals surface area contributed by atoms with E-state index in [2.05, 4.69) is 59.4 Å². The summed E-state index contributed by atoms with van der Waals surface area (Å²) < 4.78 is 0. The standard InChI is InChI=1S/C19H18.C8H6N2.ClH/c1-13-6-9-17-15(12-13)8-11-18-16-5-3-2-4-14(16)7-10-19(17)18;1-2-7-6-9-5-3-8(7)10-4-1;/h3,5-6,8-9,11-12H,2,4,7,10H2,1H3;1-6H;1H. The summed E-state index contributed by atoms with van der Waals surface area (Å²) in [4.78, 5) is 8.11. The molecule has 0 atom stereocenters. The molecule has 0 radical (unpaired) electrons. The lowest BCUT2D eigenvalue weighted by Gasteiger charge is -2.25. The molecule has 0 saturated carbocycles. The average molecular weight is 413 g/mol. The average Bonchev–Trinajstić information content (AvgIpc) is 2.79. The molecule has 0 amide bonds. The summed E-state index contributed by atoms with van der Waals surface area (Å²) in [6.07, 6.45) is 14.9. The van der Waals surface area contributed by atoms with E-state index in [9.17, 15) is 0 Å². The molecular weight excluding hydrogens is 388 g/mol. The molecule has 2 nitrogen and oxygen atoms in total. The zero-order valence-corrected chi connectivity index (χ0v) is 18.0. The molecule has 0 N–H and O–H groups in total. The van der Waals surface area contributed by atoms with Crippen LogP contribution in [-0.2, 0) is 6.42 Å². The molecule has 0 spiro atoms. The van der Waals surface area contributed by atoms with Gasteiger partial charge in [0, 0.05) is 24.0 Å². The molecule has 6 rings (SSSR count). The fraction of sp³-hybridized carbons (Fsp3) is 0.185. The first-order chi connectivity index (χ1) is 14.3. The Balaban J connectivity index is 0.000000168. The predicted octanol–water partition coefficient (Wildman–Crippen LogP) is 7.25. The van der Waals surface area contributed by atoms with Gasteiger partial charge in [0.2, 0.25) is 0 Å². The van der Waals surface area contributed by atoms with Gasteiger partial charge in [-0.3, -0.25) is 9.97 Å². The molecule has 0 unspecified atom stereocenters. The quantitative estimate of drug-likeness (QED) is 0.304. The number of rotatable bonds is 0. The summed E-state index contributed by atoms with van der Waals surface area (Å²) in [5.74, 6) is 0. The predicted molar refractivity (Wildman–Crippen MR) is 129 cm³/mol. The Bertz CT molecular complexity index is 1210. The van der Waals surface area contributed by atoms with Crippen molar-refractivity contribution in [2.45, 2.75) is 32.6 Å². The van der Waals surface area contributed by atoms with E-state index in [0.717, 1.165) is 10.9 Å². The van der Waals surface area contributed by atoms with Gasteiger partial charge >= 0.3 is 0 Å². The largest absolute Gasteiger partial charge is 0.264 e. The van der Waals surface area contributed by atoms with Gasteiger partial charge in [0.1, 0.15) is 0 Å². The van der Waals surface area contributed by atoms with Crippen LogP contribution < -0.4 is 0 Å². The van der Waals surface area contributed by atoms with Crippen molar-refractivity contribution in [2.75, 3.05) is 0 Å². The van der Waals surface area contributed by atoms with E-state index in [4.69, 9.17) is 0 Å². The smallest absolute Gasteiger partial charge is 0.0732 e. The van der Waals surface area contributed by atoms with Gasteiger partial charge < -0.3 is 0 Å². The molecule has 0 aliphatic heterocycles. The highest BCUT2D eigenvalue weighted by molar-refractivity contribution is 5.94. The molecule has 4 aromatic rings. The van der Waals surface area contributed by atoms with E-state index >= 15 is 0 Å². The lowest BCUT2D eigenvalue weighted by Crippen LogP contribution is -2.07. The maximum atomic E-state index is 4.14. The fourth-order valence-electron chi connectivity index (χ4n) is 4.48. The number of hydrogen-bond donors (Lipinski definition) is 0. The number of halogens is 1. The number of pyridine rings is 2. The minimum absolute atomic E-state index is 0. The third-order valence-electron chi connectivity index (χ3n) is 5.94. The molecule has 30 heavy (non-hydrogen) atoms. The molecule has 2 aromatic heterocycles. The van der Waals surface area contributed by atoms with Gasteiger partial charge in [0.05, 0.1) is 5.52 Å². The molecule has 0 saturated heterocycles. The summed E-state index contributed by atoms with van der Waals surface area (Å²) in [5.41, 5.74) is 8.56. The highest BCUT2D eigenvalue weighted by Crippen LogP contribution is 2.39. The zero-order chi connectivity index (χ0) is 19.6. The van der Waals surface area contributed by atoms with Crippen LogP contribution in [0.15, 0.2) is 84.8 Å². The van der Waals surface area contributed by atoms with Crippen molar-refractivity contribution in [2.24, 2.45) is 0 Å². The fourth-order valence-corrected chi connectivity index (χ4v) is 4.48. The van der Waals surface area contributed by atoms with Crippen molar-refractivity contribution in [3.05, 3.63) is 102 Å². The lowest BCUT2D eigenvalue weighted by molar-refractivity contribution is 0.831. The number of nitrogens with zero attached hydrogens (tertiary/aromatic N) is 2. The first-order valence-corrected chi connectivity index (χ1v) is 10.4. The van der Waals surface area contributed by atoms with Crippen molar-refractivity contribution >= 4 is 39.7 Å². The van der Waals surface area contributed by atoms with Crippen LogP contribution in [-0.4, -0.2) is 9.97 Å². The molecule has 2 heterocycles. The van der Waals surface area contributed by atoms with Gasteiger partial charge in [0.25, 0.3) is 0 Å². The molecule has 150 valence electrons. The Morgan fingerprint density at radius 1 is 0.867 bits per heavy atom. The molecular formula is C27H25ClN2. The summed E-state index contributed by atoms with van der Waals surface area (Å²) in [5, 5.41) is 3.93. The van der Waals surface area contributed by atoms with Crippen LogP contribution in [0.3, 0.4) is 0 Å². The third-order valence-corrected chi connectivity index (χ3v) is 5.94. The van der Waals surface area contributed by atoms with Gasteiger partial charge in [-0.15, -0.1) is 12.4 Å². The molecule has 2 aliphatic carbocycles. The lowest BCUT2D eigenvalue weighted by atomic mass is 9.79. The second-order valence-electron chi connectivity index (χ2n) is 7.85. The maximum Gasteiger partial charge on any atom is 0.0732 e. The zero-order valence-electron chi connectivity index (χ0n) is 17.1. The Morgan fingerprint density at radius 2 is 1.80 bits per heavy atom. The third kappa shape index (κ3) is 3.88. The SMILES string of the molecule is Cc1ccc2c3c(ccc2c1)C1=C(CCC=C1)CC3.Cl.c1cnc2ccncc2c1. The minimum atomic E-state index is 0. The Kier molecular flexibility index (Phi) is 5.96. The number of fused-ring (bicyclic) bond motifs is 5. The van der Waals surface area contributed by atoms with Crippen molar-refractivity contribution < 1.29 is 0 Å². The second-order valence-corrected chi connectivity index (χ2v) is 7.85. The number of benzene rings is 2. The highest BCUT2D eigenvalue weighted by Gasteiger charge is 2.20. The van der Waals surface area contributed by atoms with Gasteiger partial charge in [-0.05, 0) is 78.3 Å². The second kappa shape index (κ2) is 8.81. The van der Waals surface area contributed by atoms with E-state index < -0.39 is 0 Å². The van der Waals surface area contributed by atoms with Crippen LogP contribution in [0.1, 0.15) is 36.0 Å². The molecule has 2 aliphatic rings. The van der Waals surface area contributed by atoms with Crippen LogP contribution in [0.2, 0.25) is 0 Å². The van der Waals surface area contributed by atoms with Crippen molar-refractivity contribution in [3.63, 3.8) is 0 Å². The maximum absolute atomic E-state index is 4.14. The molecule has 0 bridgehead atoms. The number of aryl methyl sites for hydroxylation is 2. The Labute approximate surface area is 183 Å². The summed E-state index contributed by atoms with van der Waals surface area (Å²) in [7, 11) is 0. The van der Waals surface area contributed by atoms with Crippen LogP contribution in [0.5, 0.6) is 0 Å². The number of hydrogen-bond acceptors (Lipinski definition) is 2. The van der Waals surface area contributed by atoms with Crippen molar-refractivity contribution in [1.29, 1.82) is 0 Å². The molecule has 2 aromatic carbocycles. The van der Waals surface area contributed by atoms with E-state index in [-0.39, 0.29) is 12.4 Å². The van der Waals surface area contributed by atoms with Crippen molar-refractivity contribution in [3.8, 4) is 0 Å². The van der Waals surface area contributed by atoms with Crippen LogP contribution in [0, 0.1) is 6.92 Å². The van der Waals surface area contributed by atoms with Gasteiger partial charge in [-0.2, -0.15) is 0 Å². The van der Waals surface area contributed by atoms with Crippen LogP contribution >= 0.6 is 12.4 Å². The summed E-state index contributed by atoms with van der Waals surface area (Å²) in [6.45, 7) is 2.17. The Morgan fingerprint density at radius 3 is 2.70 bits per heavy atom. The summed E-state index contributed by atoms with van der Waals surface area (Å²) in [6, 6.07) is 17.3. The van der Waals surface area contributed by atoms with E-state index in [0.29, 0.717) is 0 Å². The highest BCUT2D eigenvalue weighted by atomic mass is 35.5. The van der Waals surface area contributed by atoms with Crippen LogP contribution in [0.25, 0.3) is 27.2 Å². The number of aromatic nitrogens is 2. The minimum Gasteiger partial charge on any atom is -0.264 e. The first-order valence-electron chi connectivity index (χ1n) is 10.4. The monoisotopic (exact) mass is 412 g/mol. The van der Waals surface area contributed by atoms with Crippen molar-refractivity contribution in [1.82, 2.24) is 9.97 Å². The summed E-state index contributed by atoms with van der Waals surface area (Å²) >= 11 is 0. The van der Waals surface area contributed by atoms with E-state index in [1.54, 1.807) is 23.5 Å². The Hall–Kier alpha value is -2.97.